The van der Waals surface area contributed by atoms with E-state index in [1.165, 1.54) is 0 Å². The number of rotatable bonds is 6. The standard InChI is InChI=1S/C19H25N3O3/c1-3-4-7-17(23)22-12-5-6-15(13-22)19-20-18(21-25-19)14-8-10-16(24-2)11-9-14/h8-11,15H,3-7,12-13H2,1-2H3. The molecule has 1 amide bonds. The summed E-state index contributed by atoms with van der Waals surface area (Å²) in [6, 6.07) is 7.57. The molecule has 0 saturated carbocycles. The molecule has 1 atom stereocenters. The van der Waals surface area contributed by atoms with Gasteiger partial charge < -0.3 is 14.2 Å². The Morgan fingerprint density at radius 3 is 2.88 bits per heavy atom. The van der Waals surface area contributed by atoms with Crippen LogP contribution in [-0.2, 0) is 4.79 Å². The van der Waals surface area contributed by atoms with Crippen molar-refractivity contribution in [2.45, 2.75) is 44.9 Å². The lowest BCUT2D eigenvalue weighted by molar-refractivity contribution is -0.132. The smallest absolute Gasteiger partial charge is 0.231 e. The SMILES string of the molecule is CCCCC(=O)N1CCCC(c2nc(-c3ccc(OC)cc3)no2)C1. The third-order valence-electron chi connectivity index (χ3n) is 4.66. The molecule has 1 aliphatic heterocycles. The number of piperidine rings is 1. The Morgan fingerprint density at radius 2 is 2.16 bits per heavy atom. The van der Waals surface area contributed by atoms with Gasteiger partial charge in [-0.1, -0.05) is 18.5 Å². The monoisotopic (exact) mass is 343 g/mol. The number of hydrogen-bond acceptors (Lipinski definition) is 5. The first kappa shape index (κ1) is 17.5. The van der Waals surface area contributed by atoms with Gasteiger partial charge in [0.25, 0.3) is 0 Å². The Balaban J connectivity index is 1.67. The molecule has 25 heavy (non-hydrogen) atoms. The van der Waals surface area contributed by atoms with Crippen molar-refractivity contribution in [1.29, 1.82) is 0 Å². The second kappa shape index (κ2) is 8.14. The van der Waals surface area contributed by atoms with Gasteiger partial charge in [0.15, 0.2) is 0 Å². The average Bonchev–Trinajstić information content (AvgIpc) is 3.16. The molecule has 1 saturated heterocycles. The molecule has 1 aliphatic rings. The lowest BCUT2D eigenvalue weighted by Crippen LogP contribution is -2.39. The maximum absolute atomic E-state index is 12.3. The van der Waals surface area contributed by atoms with Crippen molar-refractivity contribution in [1.82, 2.24) is 15.0 Å². The minimum absolute atomic E-state index is 0.124. The first-order chi connectivity index (χ1) is 12.2. The van der Waals surface area contributed by atoms with Crippen LogP contribution in [0.25, 0.3) is 11.4 Å². The molecule has 1 fully saturated rings. The van der Waals surface area contributed by atoms with Crippen LogP contribution in [0.1, 0.15) is 50.8 Å². The fourth-order valence-electron chi connectivity index (χ4n) is 3.15. The van der Waals surface area contributed by atoms with Crippen molar-refractivity contribution in [3.63, 3.8) is 0 Å². The molecule has 1 aromatic heterocycles. The molecule has 1 unspecified atom stereocenters. The fraction of sp³-hybridized carbons (Fsp3) is 0.526. The second-order valence-corrected chi connectivity index (χ2v) is 6.47. The highest BCUT2D eigenvalue weighted by Gasteiger charge is 2.28. The largest absolute Gasteiger partial charge is 0.497 e. The molecule has 2 aromatic rings. The number of methoxy groups -OCH3 is 1. The van der Waals surface area contributed by atoms with Crippen molar-refractivity contribution >= 4 is 5.91 Å². The van der Waals surface area contributed by atoms with E-state index in [1.807, 2.05) is 29.2 Å². The third kappa shape index (κ3) is 4.18. The van der Waals surface area contributed by atoms with E-state index in [0.29, 0.717) is 24.7 Å². The van der Waals surface area contributed by atoms with Gasteiger partial charge in [0, 0.05) is 25.1 Å². The van der Waals surface area contributed by atoms with Gasteiger partial charge in [0.2, 0.25) is 17.6 Å². The molecule has 0 spiro atoms. The zero-order valence-electron chi connectivity index (χ0n) is 14.9. The predicted molar refractivity (Wildman–Crippen MR) is 94.4 cm³/mol. The summed E-state index contributed by atoms with van der Waals surface area (Å²) < 4.78 is 10.7. The molecule has 0 N–H and O–H groups in total. The van der Waals surface area contributed by atoms with Crippen molar-refractivity contribution in [3.8, 4) is 17.1 Å². The zero-order chi connectivity index (χ0) is 17.6. The zero-order valence-corrected chi connectivity index (χ0v) is 14.9. The predicted octanol–water partition coefficient (Wildman–Crippen LogP) is 3.64. The van der Waals surface area contributed by atoms with Crippen molar-refractivity contribution in [3.05, 3.63) is 30.2 Å². The van der Waals surface area contributed by atoms with Crippen LogP contribution in [0.3, 0.4) is 0 Å². The minimum atomic E-state index is 0.124. The highest BCUT2D eigenvalue weighted by molar-refractivity contribution is 5.76. The van der Waals surface area contributed by atoms with Gasteiger partial charge in [-0.15, -0.1) is 0 Å². The van der Waals surface area contributed by atoms with E-state index in [1.54, 1.807) is 7.11 Å². The van der Waals surface area contributed by atoms with Crippen LogP contribution < -0.4 is 4.74 Å². The van der Waals surface area contributed by atoms with Crippen molar-refractivity contribution in [2.75, 3.05) is 20.2 Å². The van der Waals surface area contributed by atoms with Crippen molar-refractivity contribution in [2.24, 2.45) is 0 Å². The first-order valence-corrected chi connectivity index (χ1v) is 8.97. The third-order valence-corrected chi connectivity index (χ3v) is 4.66. The maximum Gasteiger partial charge on any atom is 0.231 e. The highest BCUT2D eigenvalue weighted by Crippen LogP contribution is 2.28. The Kier molecular flexibility index (Phi) is 5.68. The summed E-state index contributed by atoms with van der Waals surface area (Å²) in [4.78, 5) is 18.8. The lowest BCUT2D eigenvalue weighted by Gasteiger charge is -2.31. The van der Waals surface area contributed by atoms with Gasteiger partial charge in [-0.2, -0.15) is 4.98 Å². The van der Waals surface area contributed by atoms with Crippen molar-refractivity contribution < 1.29 is 14.1 Å². The molecule has 6 heteroatoms. The molecular formula is C19H25N3O3. The highest BCUT2D eigenvalue weighted by atomic mass is 16.5. The topological polar surface area (TPSA) is 68.5 Å². The molecule has 1 aromatic carbocycles. The average molecular weight is 343 g/mol. The molecule has 6 nitrogen and oxygen atoms in total. The molecule has 0 aliphatic carbocycles. The summed E-state index contributed by atoms with van der Waals surface area (Å²) >= 11 is 0. The normalized spacial score (nSPS) is 17.5. The summed E-state index contributed by atoms with van der Waals surface area (Å²) in [5.74, 6) is 2.35. The number of ether oxygens (including phenoxy) is 1. The van der Waals surface area contributed by atoms with Gasteiger partial charge in [0.05, 0.1) is 13.0 Å². The number of amides is 1. The number of carbonyl (C=O) groups excluding carboxylic acids is 1. The van der Waals surface area contributed by atoms with Crippen LogP contribution in [-0.4, -0.2) is 41.1 Å². The summed E-state index contributed by atoms with van der Waals surface area (Å²) in [5, 5.41) is 4.11. The minimum Gasteiger partial charge on any atom is -0.497 e. The van der Waals surface area contributed by atoms with Crippen LogP contribution in [0, 0.1) is 0 Å². The first-order valence-electron chi connectivity index (χ1n) is 8.97. The number of carbonyl (C=O) groups is 1. The van der Waals surface area contributed by atoms with E-state index in [2.05, 4.69) is 17.1 Å². The summed E-state index contributed by atoms with van der Waals surface area (Å²) in [6.45, 7) is 3.61. The van der Waals surface area contributed by atoms with Crippen LogP contribution >= 0.6 is 0 Å². The van der Waals surface area contributed by atoms with Crippen LogP contribution in [0.2, 0.25) is 0 Å². The Labute approximate surface area is 148 Å². The molecule has 0 radical (unpaired) electrons. The number of unbranched alkanes of at least 4 members (excludes halogenated alkanes) is 1. The molecule has 2 heterocycles. The summed E-state index contributed by atoms with van der Waals surface area (Å²) in [6.07, 6.45) is 4.56. The van der Waals surface area contributed by atoms with Crippen LogP contribution in [0.15, 0.2) is 28.8 Å². The maximum atomic E-state index is 12.3. The van der Waals surface area contributed by atoms with Crippen LogP contribution in [0.4, 0.5) is 0 Å². The van der Waals surface area contributed by atoms with Gasteiger partial charge in [-0.25, -0.2) is 0 Å². The molecule has 3 rings (SSSR count). The van der Waals surface area contributed by atoms with E-state index in [-0.39, 0.29) is 11.8 Å². The number of likely N-dealkylation sites (tertiary alicyclic amines) is 1. The Bertz CT molecular complexity index is 696. The van der Waals surface area contributed by atoms with E-state index in [0.717, 1.165) is 43.5 Å². The van der Waals surface area contributed by atoms with Gasteiger partial charge in [-0.05, 0) is 43.5 Å². The lowest BCUT2D eigenvalue weighted by atomic mass is 9.97. The fourth-order valence-corrected chi connectivity index (χ4v) is 3.15. The summed E-state index contributed by atoms with van der Waals surface area (Å²) in [5.41, 5.74) is 0.891. The van der Waals surface area contributed by atoms with E-state index < -0.39 is 0 Å². The Morgan fingerprint density at radius 1 is 1.36 bits per heavy atom. The van der Waals surface area contributed by atoms with Gasteiger partial charge in [0.1, 0.15) is 5.75 Å². The number of hydrogen-bond donors (Lipinski definition) is 0. The second-order valence-electron chi connectivity index (χ2n) is 6.47. The van der Waals surface area contributed by atoms with Gasteiger partial charge in [-0.3, -0.25) is 4.79 Å². The number of aromatic nitrogens is 2. The van der Waals surface area contributed by atoms with E-state index in [4.69, 9.17) is 9.26 Å². The quantitative estimate of drug-likeness (QED) is 0.801. The number of nitrogens with zero attached hydrogens (tertiary/aromatic N) is 3. The number of benzene rings is 1. The molecule has 0 bridgehead atoms. The Hall–Kier alpha value is -2.37. The molecular weight excluding hydrogens is 318 g/mol. The van der Waals surface area contributed by atoms with Crippen LogP contribution in [0.5, 0.6) is 5.75 Å². The van der Waals surface area contributed by atoms with Gasteiger partial charge >= 0.3 is 0 Å². The van der Waals surface area contributed by atoms with E-state index >= 15 is 0 Å². The molecule has 134 valence electrons. The summed E-state index contributed by atoms with van der Waals surface area (Å²) in [7, 11) is 1.64. The van der Waals surface area contributed by atoms with E-state index in [9.17, 15) is 4.79 Å².